The lowest BCUT2D eigenvalue weighted by Crippen LogP contribution is -2.39. The summed E-state index contributed by atoms with van der Waals surface area (Å²) in [5.74, 6) is 1.05. The van der Waals surface area contributed by atoms with Gasteiger partial charge in [0, 0.05) is 36.3 Å². The SMILES string of the molecule is CN(Cc1nc2c(s1)CCCC2)CC1COCCN(C(=O)C2CC2)C1. The molecule has 0 N–H and O–H groups in total. The van der Waals surface area contributed by atoms with Crippen molar-refractivity contribution < 1.29 is 9.53 Å². The highest BCUT2D eigenvalue weighted by Crippen LogP contribution is 2.31. The minimum Gasteiger partial charge on any atom is -0.379 e. The van der Waals surface area contributed by atoms with E-state index in [0.29, 0.717) is 24.3 Å². The molecule has 1 unspecified atom stereocenters. The molecule has 1 saturated carbocycles. The van der Waals surface area contributed by atoms with E-state index >= 15 is 0 Å². The standard InChI is InChI=1S/C19H29N3O2S/c1-21(12-18-20-16-4-2-3-5-17(16)25-18)10-14-11-22(8-9-24-13-14)19(23)15-6-7-15/h14-15H,2-13H2,1H3. The highest BCUT2D eigenvalue weighted by atomic mass is 32.1. The van der Waals surface area contributed by atoms with E-state index in [4.69, 9.17) is 9.72 Å². The van der Waals surface area contributed by atoms with Crippen LogP contribution in [0.15, 0.2) is 0 Å². The van der Waals surface area contributed by atoms with Crippen molar-refractivity contribution in [2.24, 2.45) is 11.8 Å². The van der Waals surface area contributed by atoms with Gasteiger partial charge >= 0.3 is 0 Å². The maximum atomic E-state index is 12.4. The number of carbonyl (C=O) groups excluding carboxylic acids is 1. The van der Waals surface area contributed by atoms with Gasteiger partial charge in [-0.15, -0.1) is 11.3 Å². The average molecular weight is 364 g/mol. The van der Waals surface area contributed by atoms with E-state index in [2.05, 4.69) is 11.9 Å². The van der Waals surface area contributed by atoms with Gasteiger partial charge in [0.1, 0.15) is 5.01 Å². The third-order valence-electron chi connectivity index (χ3n) is 5.44. The molecule has 2 aliphatic carbocycles. The molecule has 1 atom stereocenters. The van der Waals surface area contributed by atoms with Crippen molar-refractivity contribution in [3.63, 3.8) is 0 Å². The summed E-state index contributed by atoms with van der Waals surface area (Å²) in [6, 6.07) is 0. The monoisotopic (exact) mass is 363 g/mol. The molecule has 0 aromatic carbocycles. The molecule has 6 heteroatoms. The van der Waals surface area contributed by atoms with Crippen LogP contribution >= 0.6 is 11.3 Å². The number of carbonyl (C=O) groups is 1. The van der Waals surface area contributed by atoms with Crippen LogP contribution in [0.2, 0.25) is 0 Å². The van der Waals surface area contributed by atoms with Gasteiger partial charge < -0.3 is 9.64 Å². The van der Waals surface area contributed by atoms with E-state index in [1.165, 1.54) is 34.8 Å². The van der Waals surface area contributed by atoms with Crippen molar-refractivity contribution in [3.05, 3.63) is 15.6 Å². The predicted octanol–water partition coefficient (Wildman–Crippen LogP) is 2.34. The van der Waals surface area contributed by atoms with Gasteiger partial charge in [-0.2, -0.15) is 0 Å². The Labute approximate surface area is 154 Å². The number of aryl methyl sites for hydroxylation is 2. The van der Waals surface area contributed by atoms with Crippen LogP contribution in [-0.2, 0) is 28.9 Å². The third-order valence-corrected chi connectivity index (χ3v) is 6.58. The van der Waals surface area contributed by atoms with Crippen molar-refractivity contribution in [1.29, 1.82) is 0 Å². The van der Waals surface area contributed by atoms with Crippen molar-refractivity contribution in [3.8, 4) is 0 Å². The van der Waals surface area contributed by atoms with Gasteiger partial charge in [-0.25, -0.2) is 4.98 Å². The van der Waals surface area contributed by atoms with Crippen LogP contribution in [0.5, 0.6) is 0 Å². The van der Waals surface area contributed by atoms with Crippen LogP contribution in [0.1, 0.15) is 41.3 Å². The second kappa shape index (κ2) is 7.72. The normalized spacial score (nSPS) is 24.2. The third kappa shape index (κ3) is 4.41. The van der Waals surface area contributed by atoms with Crippen molar-refractivity contribution >= 4 is 17.2 Å². The molecule has 1 aliphatic heterocycles. The molecule has 1 saturated heterocycles. The fraction of sp³-hybridized carbons (Fsp3) is 0.789. The maximum Gasteiger partial charge on any atom is 0.225 e. The Kier molecular flexibility index (Phi) is 5.39. The van der Waals surface area contributed by atoms with E-state index in [9.17, 15) is 4.79 Å². The van der Waals surface area contributed by atoms with Crippen molar-refractivity contribution in [1.82, 2.24) is 14.8 Å². The molecular weight excluding hydrogens is 334 g/mol. The fourth-order valence-electron chi connectivity index (χ4n) is 3.99. The lowest BCUT2D eigenvalue weighted by Gasteiger charge is -2.26. The van der Waals surface area contributed by atoms with E-state index in [1.807, 2.05) is 16.2 Å². The molecule has 5 nitrogen and oxygen atoms in total. The number of hydrogen-bond acceptors (Lipinski definition) is 5. The highest BCUT2D eigenvalue weighted by Gasteiger charge is 2.35. The van der Waals surface area contributed by atoms with Gasteiger partial charge in [-0.05, 0) is 45.6 Å². The molecule has 0 bridgehead atoms. The molecule has 1 amide bonds. The summed E-state index contributed by atoms with van der Waals surface area (Å²) in [5, 5.41) is 1.25. The second-order valence-electron chi connectivity index (χ2n) is 7.88. The summed E-state index contributed by atoms with van der Waals surface area (Å²) >= 11 is 1.90. The summed E-state index contributed by atoms with van der Waals surface area (Å²) in [7, 11) is 2.17. The molecule has 2 fully saturated rings. The summed E-state index contributed by atoms with van der Waals surface area (Å²) in [6.45, 7) is 4.90. The van der Waals surface area contributed by atoms with Gasteiger partial charge in [-0.3, -0.25) is 9.69 Å². The minimum atomic E-state index is 0.304. The Morgan fingerprint density at radius 2 is 2.20 bits per heavy atom. The first-order chi connectivity index (χ1) is 12.2. The summed E-state index contributed by atoms with van der Waals surface area (Å²) < 4.78 is 5.77. The van der Waals surface area contributed by atoms with E-state index in [1.54, 1.807) is 0 Å². The topological polar surface area (TPSA) is 45.7 Å². The molecule has 1 aromatic heterocycles. The first-order valence-electron chi connectivity index (χ1n) is 9.71. The minimum absolute atomic E-state index is 0.304. The fourth-order valence-corrected chi connectivity index (χ4v) is 5.23. The molecule has 1 aromatic rings. The number of fused-ring (bicyclic) bond motifs is 1. The Hall–Kier alpha value is -0.980. The highest BCUT2D eigenvalue weighted by molar-refractivity contribution is 7.11. The molecule has 2 heterocycles. The lowest BCUT2D eigenvalue weighted by molar-refractivity contribution is -0.133. The number of aromatic nitrogens is 1. The van der Waals surface area contributed by atoms with Crippen LogP contribution in [-0.4, -0.2) is 60.6 Å². The van der Waals surface area contributed by atoms with Gasteiger partial charge in [0.15, 0.2) is 0 Å². The molecule has 4 rings (SSSR count). The molecule has 138 valence electrons. The zero-order valence-electron chi connectivity index (χ0n) is 15.2. The zero-order chi connectivity index (χ0) is 17.2. The van der Waals surface area contributed by atoms with E-state index in [0.717, 1.165) is 52.0 Å². The van der Waals surface area contributed by atoms with Gasteiger partial charge in [0.05, 0.1) is 25.5 Å². The van der Waals surface area contributed by atoms with Crippen LogP contribution in [0.4, 0.5) is 0 Å². The van der Waals surface area contributed by atoms with Crippen molar-refractivity contribution in [2.45, 2.75) is 45.1 Å². The Bertz CT molecular complexity index is 590. The Morgan fingerprint density at radius 3 is 3.00 bits per heavy atom. The van der Waals surface area contributed by atoms with Crippen LogP contribution in [0, 0.1) is 11.8 Å². The summed E-state index contributed by atoms with van der Waals surface area (Å²) in [6.07, 6.45) is 7.13. The predicted molar refractivity (Wildman–Crippen MR) is 98.7 cm³/mol. The van der Waals surface area contributed by atoms with Gasteiger partial charge in [0.2, 0.25) is 5.91 Å². The van der Waals surface area contributed by atoms with Crippen LogP contribution in [0.3, 0.4) is 0 Å². The zero-order valence-corrected chi connectivity index (χ0v) is 16.0. The number of hydrogen-bond donors (Lipinski definition) is 0. The number of nitrogens with zero attached hydrogens (tertiary/aromatic N) is 3. The van der Waals surface area contributed by atoms with Crippen LogP contribution < -0.4 is 0 Å². The second-order valence-corrected chi connectivity index (χ2v) is 9.05. The quantitative estimate of drug-likeness (QED) is 0.806. The van der Waals surface area contributed by atoms with Crippen LogP contribution in [0.25, 0.3) is 0 Å². The number of ether oxygens (including phenoxy) is 1. The van der Waals surface area contributed by atoms with E-state index in [-0.39, 0.29) is 0 Å². The van der Waals surface area contributed by atoms with Gasteiger partial charge in [0.25, 0.3) is 0 Å². The number of thiazole rings is 1. The largest absolute Gasteiger partial charge is 0.379 e. The number of amides is 1. The summed E-state index contributed by atoms with van der Waals surface area (Å²) in [5.41, 5.74) is 1.35. The molecule has 25 heavy (non-hydrogen) atoms. The lowest BCUT2D eigenvalue weighted by atomic mass is 10.0. The molecule has 0 spiro atoms. The smallest absolute Gasteiger partial charge is 0.225 e. The average Bonchev–Trinajstić information content (AvgIpc) is 3.39. The van der Waals surface area contributed by atoms with Gasteiger partial charge in [-0.1, -0.05) is 0 Å². The molecular formula is C19H29N3O2S. The first-order valence-corrected chi connectivity index (χ1v) is 10.5. The summed E-state index contributed by atoms with van der Waals surface area (Å²) in [4.78, 5) is 23.2. The van der Waals surface area contributed by atoms with Crippen molar-refractivity contribution in [2.75, 3.05) is 39.9 Å². The van der Waals surface area contributed by atoms with E-state index < -0.39 is 0 Å². The molecule has 0 radical (unpaired) electrons. The molecule has 3 aliphatic rings. The Balaban J connectivity index is 1.32. The maximum absolute atomic E-state index is 12.4. The Morgan fingerprint density at radius 1 is 1.36 bits per heavy atom. The first kappa shape index (κ1) is 17.4. The number of rotatable bonds is 5.